The molecule has 0 fully saturated rings. The molecule has 0 aromatic rings. The van der Waals surface area contributed by atoms with Crippen molar-refractivity contribution in [2.24, 2.45) is 0 Å². The van der Waals surface area contributed by atoms with Crippen LogP contribution >= 0.6 is 31.3 Å². The molecule has 0 saturated heterocycles. The maximum absolute atomic E-state index is 8.55. The van der Waals surface area contributed by atoms with Crippen LogP contribution in [-0.4, -0.2) is 0 Å². The van der Waals surface area contributed by atoms with E-state index < -0.39 is 31.3 Å². The zero-order valence-corrected chi connectivity index (χ0v) is 24.7. The van der Waals surface area contributed by atoms with Gasteiger partial charge < -0.3 is 77.0 Å². The van der Waals surface area contributed by atoms with Crippen LogP contribution < -0.4 is 58.7 Å². The van der Waals surface area contributed by atoms with Gasteiger partial charge in [0.1, 0.15) is 0 Å². The summed E-state index contributed by atoms with van der Waals surface area (Å²) in [6, 6.07) is 0. The molecule has 0 N–H and O–H groups in total. The summed E-state index contributed by atoms with van der Waals surface area (Å²) in [5.74, 6) is 0. The van der Waals surface area contributed by atoms with Crippen LogP contribution in [0.4, 0.5) is 0 Å². The van der Waals surface area contributed by atoms with Gasteiger partial charge >= 0.3 is 78.6 Å². The minimum atomic E-state index is -5.39. The molecular formula is Ni3O16P4Zr3. The summed E-state index contributed by atoms with van der Waals surface area (Å²) in [5.41, 5.74) is 0. The standard InChI is InChI=1S/3Ni.4H3O4P.3Zr/c;;;4*1-5(2,3)4;;;/h;;;4*(H3,1,2,3,4);;;/q;;;;;;;3*+4/p-12. The van der Waals surface area contributed by atoms with E-state index in [-0.39, 0.29) is 128 Å². The Kier molecular flexibility index (Phi) is 71.8. The van der Waals surface area contributed by atoms with Crippen LogP contribution in [0.15, 0.2) is 0 Å². The fourth-order valence-corrected chi connectivity index (χ4v) is 0. The second-order valence-electron chi connectivity index (χ2n) is 1.79. The normalized spacial score (nSPS) is 9.08. The summed E-state index contributed by atoms with van der Waals surface area (Å²) >= 11 is 0. The van der Waals surface area contributed by atoms with Gasteiger partial charge in [-0.1, -0.05) is 0 Å². The van der Waals surface area contributed by atoms with E-state index in [0.29, 0.717) is 0 Å². The maximum Gasteiger partial charge on any atom is 4.00 e. The van der Waals surface area contributed by atoms with Gasteiger partial charge in [0.15, 0.2) is 0 Å². The van der Waals surface area contributed by atoms with E-state index in [1.165, 1.54) is 0 Å². The molecule has 158 valence electrons. The van der Waals surface area contributed by atoms with E-state index in [0.717, 1.165) is 0 Å². The van der Waals surface area contributed by atoms with Gasteiger partial charge in [0, 0.05) is 49.5 Å². The van der Waals surface area contributed by atoms with Gasteiger partial charge in [0.25, 0.3) is 0 Å². The monoisotopic (exact) mass is 823 g/mol. The summed E-state index contributed by atoms with van der Waals surface area (Å²) in [7, 11) is -21.6. The van der Waals surface area contributed by atoms with Crippen LogP contribution in [0.3, 0.4) is 0 Å². The Morgan fingerprint density at radius 2 is 0.308 bits per heavy atom. The molecule has 16 nitrogen and oxygen atoms in total. The van der Waals surface area contributed by atoms with Crippen molar-refractivity contribution in [3.05, 3.63) is 0 Å². The fraction of sp³-hybridized carbons (Fsp3) is 0. The molecule has 0 radical (unpaired) electrons. The Balaban J connectivity index is -0.0000000152. The topological polar surface area (TPSA) is 345 Å². The maximum atomic E-state index is 8.55. The van der Waals surface area contributed by atoms with Crippen molar-refractivity contribution < 1.29 is 205 Å². The smallest absolute Gasteiger partial charge is 0.822 e. The summed E-state index contributed by atoms with van der Waals surface area (Å²) in [4.78, 5) is 103. The SMILES string of the molecule is O=P([O-])([O-])[O-].O=P([O-])([O-])[O-].O=P([O-])([O-])[O-].O=P([O-])([O-])[O-].[Ni].[Ni].[Ni].[Zr+4].[Zr+4].[Zr+4]. The average Bonchev–Trinajstić information content (AvgIpc) is 1.62. The van der Waals surface area contributed by atoms with Crippen molar-refractivity contribution in [3.63, 3.8) is 0 Å². The van der Waals surface area contributed by atoms with E-state index >= 15 is 0 Å². The second-order valence-corrected chi connectivity index (χ2v) is 5.37. The average molecular weight is 830 g/mol. The first-order valence-electron chi connectivity index (χ1n) is 2.92. The van der Waals surface area contributed by atoms with Crippen LogP contribution in [-0.2, 0) is 146 Å². The fourth-order valence-electron chi connectivity index (χ4n) is 0. The van der Waals surface area contributed by atoms with Crippen LogP contribution in [0.2, 0.25) is 0 Å². The number of hydrogen-bond donors (Lipinski definition) is 0. The van der Waals surface area contributed by atoms with E-state index in [1.807, 2.05) is 0 Å². The molecule has 0 spiro atoms. The van der Waals surface area contributed by atoms with E-state index in [2.05, 4.69) is 0 Å². The van der Waals surface area contributed by atoms with Crippen LogP contribution in [0.25, 0.3) is 0 Å². The van der Waals surface area contributed by atoms with Crippen molar-refractivity contribution in [2.45, 2.75) is 0 Å². The minimum absolute atomic E-state index is 0. The molecule has 26 heteroatoms. The van der Waals surface area contributed by atoms with Gasteiger partial charge in [0.05, 0.1) is 0 Å². The van der Waals surface area contributed by atoms with Gasteiger partial charge in [-0.15, -0.1) is 0 Å². The molecule has 0 aliphatic carbocycles. The van der Waals surface area contributed by atoms with Crippen molar-refractivity contribution in [3.8, 4) is 0 Å². The van der Waals surface area contributed by atoms with Gasteiger partial charge in [0.2, 0.25) is 0 Å². The molecule has 0 aliphatic heterocycles. The third kappa shape index (κ3) is 1040. The van der Waals surface area contributed by atoms with Crippen LogP contribution in [0.1, 0.15) is 0 Å². The number of phosphoric acid groups is 4. The Labute approximate surface area is 233 Å². The second kappa shape index (κ2) is 29.6. The third-order valence-corrected chi connectivity index (χ3v) is 0. The Morgan fingerprint density at radius 1 is 0.308 bits per heavy atom. The first-order chi connectivity index (χ1) is 8.00. The molecule has 0 bridgehead atoms. The van der Waals surface area contributed by atoms with E-state index in [1.54, 1.807) is 0 Å². The van der Waals surface area contributed by atoms with E-state index in [4.69, 9.17) is 77.0 Å². The summed E-state index contributed by atoms with van der Waals surface area (Å²) in [6.07, 6.45) is 0. The van der Waals surface area contributed by atoms with Crippen molar-refractivity contribution in [1.29, 1.82) is 0 Å². The summed E-state index contributed by atoms with van der Waals surface area (Å²) in [5, 5.41) is 0. The van der Waals surface area contributed by atoms with Gasteiger partial charge in [-0.3, -0.25) is 0 Å². The first kappa shape index (κ1) is 63.2. The van der Waals surface area contributed by atoms with Crippen LogP contribution in [0, 0.1) is 0 Å². The largest absolute Gasteiger partial charge is 4.00 e. The molecule has 0 aromatic carbocycles. The van der Waals surface area contributed by atoms with Gasteiger partial charge in [-0.2, -0.15) is 31.3 Å². The van der Waals surface area contributed by atoms with Crippen LogP contribution in [0.5, 0.6) is 0 Å². The molecule has 0 saturated carbocycles. The molecule has 0 atom stereocenters. The number of hydrogen-bond acceptors (Lipinski definition) is 16. The third-order valence-electron chi connectivity index (χ3n) is 0. The number of rotatable bonds is 0. The van der Waals surface area contributed by atoms with E-state index in [9.17, 15) is 0 Å². The zero-order chi connectivity index (χ0) is 18.0. The molecule has 0 aromatic heterocycles. The minimum Gasteiger partial charge on any atom is -0.822 e. The first-order valence-corrected chi connectivity index (χ1v) is 8.76. The summed E-state index contributed by atoms with van der Waals surface area (Å²) in [6.45, 7) is 0. The van der Waals surface area contributed by atoms with Gasteiger partial charge in [-0.05, 0) is 0 Å². The molecular weight excluding hydrogens is 830 g/mol. The Morgan fingerprint density at radius 3 is 0.308 bits per heavy atom. The molecule has 0 aliphatic rings. The van der Waals surface area contributed by atoms with Gasteiger partial charge in [-0.25, -0.2) is 0 Å². The summed E-state index contributed by atoms with van der Waals surface area (Å²) < 4.78 is 34.2. The molecule has 26 heavy (non-hydrogen) atoms. The molecule has 0 rings (SSSR count). The predicted molar refractivity (Wildman–Crippen MR) is 30.4 cm³/mol. The predicted octanol–water partition coefficient (Wildman–Crippen LogP) is -11.3. The Bertz CT molecular complexity index is 305. The zero-order valence-electron chi connectivity index (χ0n) is 10.8. The molecule has 0 unspecified atom stereocenters. The van der Waals surface area contributed by atoms with Crippen molar-refractivity contribution in [2.75, 3.05) is 0 Å². The molecule has 0 amide bonds. The Hall–Kier alpha value is 4.57. The quantitative estimate of drug-likeness (QED) is 0.162. The molecule has 0 heterocycles. The van der Waals surface area contributed by atoms with Crippen molar-refractivity contribution in [1.82, 2.24) is 0 Å². The van der Waals surface area contributed by atoms with Crippen molar-refractivity contribution >= 4 is 31.3 Å².